The minimum Gasteiger partial charge on any atom is -0.478 e. The Bertz CT molecular complexity index is 497. The van der Waals surface area contributed by atoms with Crippen molar-refractivity contribution in [1.29, 1.82) is 0 Å². The van der Waals surface area contributed by atoms with E-state index in [-0.39, 0.29) is 21.4 Å². The summed E-state index contributed by atoms with van der Waals surface area (Å²) in [6, 6.07) is 2.18. The molecule has 0 saturated heterocycles. The molecule has 0 bridgehead atoms. The Morgan fingerprint density at radius 3 is 2.53 bits per heavy atom. The Morgan fingerprint density at radius 1 is 1.47 bits per heavy atom. The van der Waals surface area contributed by atoms with Crippen LogP contribution < -0.4 is 11.1 Å². The lowest BCUT2D eigenvalue weighted by Crippen LogP contribution is -2.34. The third-order valence-corrected chi connectivity index (χ3v) is 2.86. The third-order valence-electron chi connectivity index (χ3n) is 2.20. The molecule has 4 N–H and O–H groups in total. The second-order valence-electron chi connectivity index (χ2n) is 3.64. The van der Waals surface area contributed by atoms with E-state index in [0.29, 0.717) is 0 Å². The van der Waals surface area contributed by atoms with Gasteiger partial charge in [-0.05, 0) is 28.1 Å². The van der Waals surface area contributed by atoms with Crippen LogP contribution >= 0.6 is 15.9 Å². The van der Waals surface area contributed by atoms with E-state index in [1.54, 1.807) is 0 Å². The van der Waals surface area contributed by atoms with Crippen LogP contribution in [0.2, 0.25) is 0 Å². The SMILES string of the molecule is Nc1cc(Br)c(NCC(F)(F)C(F)F)cc1C(=O)O. The average Bonchev–Trinajstić information content (AvgIpc) is 2.27. The molecule has 0 heterocycles. The minimum absolute atomic E-state index is 0.0630. The molecular formula is C10H9BrF4N2O2. The largest absolute Gasteiger partial charge is 0.478 e. The molecule has 1 aromatic rings. The zero-order valence-electron chi connectivity index (χ0n) is 9.26. The summed E-state index contributed by atoms with van der Waals surface area (Å²) in [7, 11) is 0. The summed E-state index contributed by atoms with van der Waals surface area (Å²) >= 11 is 2.97. The summed E-state index contributed by atoms with van der Waals surface area (Å²) < 4.78 is 49.6. The number of benzene rings is 1. The van der Waals surface area contributed by atoms with Gasteiger partial charge >= 0.3 is 18.3 Å². The van der Waals surface area contributed by atoms with Crippen molar-refractivity contribution in [3.05, 3.63) is 22.2 Å². The van der Waals surface area contributed by atoms with Crippen molar-refractivity contribution in [2.24, 2.45) is 0 Å². The van der Waals surface area contributed by atoms with E-state index in [9.17, 15) is 22.4 Å². The van der Waals surface area contributed by atoms with Crippen LogP contribution in [0.4, 0.5) is 28.9 Å². The monoisotopic (exact) mass is 344 g/mol. The fourth-order valence-corrected chi connectivity index (χ4v) is 1.70. The third kappa shape index (κ3) is 3.72. The summed E-state index contributed by atoms with van der Waals surface area (Å²) in [5.41, 5.74) is 4.96. The molecule has 0 aliphatic carbocycles. The van der Waals surface area contributed by atoms with E-state index in [0.717, 1.165) is 6.07 Å². The molecular weight excluding hydrogens is 336 g/mol. The van der Waals surface area contributed by atoms with Crippen molar-refractivity contribution < 1.29 is 27.5 Å². The lowest BCUT2D eigenvalue weighted by molar-refractivity contribution is -0.117. The van der Waals surface area contributed by atoms with Gasteiger partial charge in [-0.25, -0.2) is 13.6 Å². The van der Waals surface area contributed by atoms with Gasteiger partial charge in [0.15, 0.2) is 0 Å². The van der Waals surface area contributed by atoms with Crippen molar-refractivity contribution >= 4 is 33.3 Å². The number of hydrogen-bond donors (Lipinski definition) is 3. The van der Waals surface area contributed by atoms with Gasteiger partial charge in [0, 0.05) is 15.8 Å². The molecule has 0 radical (unpaired) electrons. The Balaban J connectivity index is 2.96. The molecule has 19 heavy (non-hydrogen) atoms. The number of anilines is 2. The van der Waals surface area contributed by atoms with Crippen LogP contribution in [0.5, 0.6) is 0 Å². The van der Waals surface area contributed by atoms with Gasteiger partial charge in [-0.1, -0.05) is 0 Å². The predicted molar refractivity (Wildman–Crippen MR) is 65.0 cm³/mol. The fourth-order valence-electron chi connectivity index (χ4n) is 1.20. The Morgan fingerprint density at radius 2 is 2.05 bits per heavy atom. The maximum absolute atomic E-state index is 12.7. The normalized spacial score (nSPS) is 11.7. The fraction of sp³-hybridized carbons (Fsp3) is 0.300. The van der Waals surface area contributed by atoms with Gasteiger partial charge in [-0.3, -0.25) is 0 Å². The standard InChI is InChI=1S/C10H9BrF4N2O2/c11-5-2-6(16)4(8(18)19)1-7(5)17-3-10(14,15)9(12)13/h1-2,9,17H,3,16H2,(H,18,19). The summed E-state index contributed by atoms with van der Waals surface area (Å²) in [6.45, 7) is -1.33. The van der Waals surface area contributed by atoms with Crippen LogP contribution in [0.15, 0.2) is 16.6 Å². The van der Waals surface area contributed by atoms with Gasteiger partial charge in [0.05, 0.1) is 12.1 Å². The van der Waals surface area contributed by atoms with Gasteiger partial charge < -0.3 is 16.2 Å². The van der Waals surface area contributed by atoms with Gasteiger partial charge in [0.25, 0.3) is 0 Å². The summed E-state index contributed by atoms with van der Waals surface area (Å²) in [4.78, 5) is 10.8. The van der Waals surface area contributed by atoms with E-state index < -0.39 is 24.9 Å². The second kappa shape index (κ2) is 5.64. The quantitative estimate of drug-likeness (QED) is 0.566. The maximum atomic E-state index is 12.7. The number of nitrogens with one attached hydrogen (secondary N) is 1. The van der Waals surface area contributed by atoms with E-state index in [4.69, 9.17) is 10.8 Å². The molecule has 0 fully saturated rings. The van der Waals surface area contributed by atoms with Crippen molar-refractivity contribution in [2.45, 2.75) is 12.3 Å². The zero-order valence-corrected chi connectivity index (χ0v) is 10.8. The molecule has 0 atom stereocenters. The van der Waals surface area contributed by atoms with Crippen LogP contribution in [0.25, 0.3) is 0 Å². The highest BCUT2D eigenvalue weighted by atomic mass is 79.9. The predicted octanol–water partition coefficient (Wildman–Crippen LogP) is 3.04. The first kappa shape index (κ1) is 15.5. The number of aromatic carboxylic acids is 1. The second-order valence-corrected chi connectivity index (χ2v) is 4.49. The number of halogens is 5. The van der Waals surface area contributed by atoms with E-state index in [1.807, 2.05) is 0 Å². The highest BCUT2D eigenvalue weighted by Crippen LogP contribution is 2.30. The number of rotatable bonds is 5. The number of carboxylic acids is 1. The van der Waals surface area contributed by atoms with Gasteiger partial charge in [0.2, 0.25) is 0 Å². The molecule has 0 saturated carbocycles. The van der Waals surface area contributed by atoms with Crippen LogP contribution in [0, 0.1) is 0 Å². The van der Waals surface area contributed by atoms with Crippen molar-refractivity contribution in [2.75, 3.05) is 17.6 Å². The Hall–Kier alpha value is -1.51. The van der Waals surface area contributed by atoms with Crippen LogP contribution in [0.1, 0.15) is 10.4 Å². The molecule has 0 aliphatic rings. The summed E-state index contributed by atoms with van der Waals surface area (Å²) in [5, 5.41) is 10.9. The smallest absolute Gasteiger partial charge is 0.337 e. The molecule has 0 aromatic heterocycles. The van der Waals surface area contributed by atoms with E-state index in [1.165, 1.54) is 6.07 Å². The van der Waals surface area contributed by atoms with Crippen molar-refractivity contribution in [3.63, 3.8) is 0 Å². The Kier molecular flexibility index (Phi) is 4.61. The molecule has 0 spiro atoms. The first-order valence-electron chi connectivity index (χ1n) is 4.87. The number of nitrogen functional groups attached to an aromatic ring is 1. The van der Waals surface area contributed by atoms with Crippen LogP contribution in [-0.4, -0.2) is 30.0 Å². The zero-order chi connectivity index (χ0) is 14.8. The number of carbonyl (C=O) groups is 1. The van der Waals surface area contributed by atoms with E-state index >= 15 is 0 Å². The van der Waals surface area contributed by atoms with Crippen LogP contribution in [-0.2, 0) is 0 Å². The van der Waals surface area contributed by atoms with Crippen molar-refractivity contribution in [1.82, 2.24) is 0 Å². The summed E-state index contributed by atoms with van der Waals surface area (Å²) in [5.74, 6) is -5.57. The molecule has 0 aliphatic heterocycles. The molecule has 0 amide bonds. The van der Waals surface area contributed by atoms with Gasteiger partial charge in [-0.2, -0.15) is 8.78 Å². The van der Waals surface area contributed by atoms with Crippen molar-refractivity contribution in [3.8, 4) is 0 Å². The van der Waals surface area contributed by atoms with E-state index in [2.05, 4.69) is 21.2 Å². The Labute approximate surface area is 113 Å². The number of hydrogen-bond acceptors (Lipinski definition) is 3. The highest BCUT2D eigenvalue weighted by Gasteiger charge is 2.40. The molecule has 4 nitrogen and oxygen atoms in total. The van der Waals surface area contributed by atoms with Gasteiger partial charge in [-0.15, -0.1) is 0 Å². The molecule has 9 heteroatoms. The molecule has 1 aromatic carbocycles. The lowest BCUT2D eigenvalue weighted by atomic mass is 10.1. The van der Waals surface area contributed by atoms with Crippen LogP contribution in [0.3, 0.4) is 0 Å². The molecule has 1 rings (SSSR count). The van der Waals surface area contributed by atoms with Gasteiger partial charge in [0.1, 0.15) is 0 Å². The lowest BCUT2D eigenvalue weighted by Gasteiger charge is -2.18. The minimum atomic E-state index is -4.22. The average molecular weight is 345 g/mol. The first-order valence-corrected chi connectivity index (χ1v) is 5.66. The highest BCUT2D eigenvalue weighted by molar-refractivity contribution is 9.10. The molecule has 0 unspecified atom stereocenters. The topological polar surface area (TPSA) is 75.3 Å². The number of carboxylic acid groups (broad SMARTS) is 1. The summed E-state index contributed by atoms with van der Waals surface area (Å²) in [6.07, 6.45) is -3.81. The number of alkyl halides is 4. The first-order chi connectivity index (χ1) is 8.65. The number of nitrogens with two attached hydrogens (primary N) is 1. The maximum Gasteiger partial charge on any atom is 0.337 e. The molecule has 106 valence electrons.